The highest BCUT2D eigenvalue weighted by Gasteiger charge is 2.08. The normalized spacial score (nSPS) is 10.6. The van der Waals surface area contributed by atoms with E-state index in [0.29, 0.717) is 31.3 Å². The van der Waals surface area contributed by atoms with Crippen molar-refractivity contribution >= 4 is 16.7 Å². The number of hydrogen-bond acceptors (Lipinski definition) is 4. The molecular formula is C13H16N4O2. The molecule has 0 aliphatic rings. The number of nitrogens with zero attached hydrogens (tertiary/aromatic N) is 1. The summed E-state index contributed by atoms with van der Waals surface area (Å²) in [4.78, 5) is 23.1. The first-order chi connectivity index (χ1) is 9.22. The van der Waals surface area contributed by atoms with Crippen LogP contribution in [-0.2, 0) is 11.2 Å². The van der Waals surface area contributed by atoms with E-state index in [1.807, 2.05) is 12.1 Å². The van der Waals surface area contributed by atoms with Crippen LogP contribution in [0.1, 0.15) is 12.1 Å². The van der Waals surface area contributed by atoms with E-state index in [1.54, 1.807) is 12.1 Å². The Morgan fingerprint density at radius 3 is 2.79 bits per heavy atom. The van der Waals surface area contributed by atoms with Crippen molar-refractivity contribution < 1.29 is 4.79 Å². The van der Waals surface area contributed by atoms with Gasteiger partial charge in [0.15, 0.2) is 0 Å². The van der Waals surface area contributed by atoms with Gasteiger partial charge in [-0.2, -0.15) is 5.10 Å². The van der Waals surface area contributed by atoms with E-state index >= 15 is 0 Å². The molecule has 0 fully saturated rings. The summed E-state index contributed by atoms with van der Waals surface area (Å²) in [6.45, 7) is 0.893. The van der Waals surface area contributed by atoms with Gasteiger partial charge in [-0.15, -0.1) is 0 Å². The Morgan fingerprint density at radius 1 is 1.32 bits per heavy atom. The van der Waals surface area contributed by atoms with Crippen LogP contribution >= 0.6 is 0 Å². The molecule has 4 N–H and O–H groups in total. The summed E-state index contributed by atoms with van der Waals surface area (Å²) >= 11 is 0. The molecule has 6 nitrogen and oxygen atoms in total. The van der Waals surface area contributed by atoms with Crippen LogP contribution in [0.15, 0.2) is 29.1 Å². The van der Waals surface area contributed by atoms with Gasteiger partial charge in [-0.3, -0.25) is 9.59 Å². The largest absolute Gasteiger partial charge is 0.355 e. The average molecular weight is 260 g/mol. The lowest BCUT2D eigenvalue weighted by atomic mass is 10.1. The Morgan fingerprint density at radius 2 is 2.05 bits per heavy atom. The number of carbonyl (C=O) groups is 1. The summed E-state index contributed by atoms with van der Waals surface area (Å²) < 4.78 is 0. The number of H-pyrrole nitrogens is 1. The molecule has 6 heteroatoms. The van der Waals surface area contributed by atoms with E-state index in [9.17, 15) is 9.59 Å². The molecular weight excluding hydrogens is 244 g/mol. The van der Waals surface area contributed by atoms with Gasteiger partial charge in [-0.1, -0.05) is 18.2 Å². The third-order valence-corrected chi connectivity index (χ3v) is 2.83. The van der Waals surface area contributed by atoms with Gasteiger partial charge < -0.3 is 11.1 Å². The highest BCUT2D eigenvalue weighted by molar-refractivity contribution is 5.84. The molecule has 1 amide bonds. The van der Waals surface area contributed by atoms with Crippen LogP contribution in [0.4, 0.5) is 0 Å². The van der Waals surface area contributed by atoms with Gasteiger partial charge in [0.1, 0.15) is 0 Å². The number of amides is 1. The molecule has 1 heterocycles. The summed E-state index contributed by atoms with van der Waals surface area (Å²) in [6.07, 6.45) is 0.802. The highest BCUT2D eigenvalue weighted by atomic mass is 16.1. The fraction of sp³-hybridized carbons (Fsp3) is 0.308. The minimum absolute atomic E-state index is 0.0671. The zero-order valence-electron chi connectivity index (χ0n) is 10.5. The van der Waals surface area contributed by atoms with Crippen LogP contribution in [0.3, 0.4) is 0 Å². The molecule has 1 aromatic heterocycles. The summed E-state index contributed by atoms with van der Waals surface area (Å²) in [5.74, 6) is -0.0671. The topological polar surface area (TPSA) is 101 Å². The molecule has 0 spiro atoms. The number of hydrogen-bond donors (Lipinski definition) is 3. The van der Waals surface area contributed by atoms with Gasteiger partial charge in [0.2, 0.25) is 5.91 Å². The summed E-state index contributed by atoms with van der Waals surface area (Å²) in [7, 11) is 0. The lowest BCUT2D eigenvalue weighted by molar-refractivity contribution is -0.121. The Hall–Kier alpha value is -2.21. The third kappa shape index (κ3) is 3.17. The zero-order chi connectivity index (χ0) is 13.7. The van der Waals surface area contributed by atoms with Gasteiger partial charge in [0.05, 0.1) is 11.1 Å². The molecule has 0 saturated carbocycles. The van der Waals surface area contributed by atoms with Crippen molar-refractivity contribution in [2.24, 2.45) is 5.73 Å². The Kier molecular flexibility index (Phi) is 4.25. The number of fused-ring (bicyclic) bond motifs is 1. The SMILES string of the molecule is NCCNC(=O)CCc1n[nH]c(=O)c2ccccc12. The number of aryl methyl sites for hydroxylation is 1. The Bertz CT molecular complexity index is 636. The summed E-state index contributed by atoms with van der Waals surface area (Å²) in [5, 5.41) is 10.5. The van der Waals surface area contributed by atoms with E-state index in [1.165, 1.54) is 0 Å². The lowest BCUT2D eigenvalue weighted by Gasteiger charge is -2.05. The zero-order valence-corrected chi connectivity index (χ0v) is 10.5. The first kappa shape index (κ1) is 13.2. The molecule has 2 rings (SSSR count). The first-order valence-electron chi connectivity index (χ1n) is 6.15. The fourth-order valence-electron chi connectivity index (χ4n) is 1.89. The molecule has 0 atom stereocenters. The van der Waals surface area contributed by atoms with E-state index in [4.69, 9.17) is 5.73 Å². The monoisotopic (exact) mass is 260 g/mol. The highest BCUT2D eigenvalue weighted by Crippen LogP contribution is 2.13. The third-order valence-electron chi connectivity index (χ3n) is 2.83. The van der Waals surface area contributed by atoms with Crippen LogP contribution in [0.25, 0.3) is 10.8 Å². The van der Waals surface area contributed by atoms with E-state index in [0.717, 1.165) is 11.1 Å². The minimum Gasteiger partial charge on any atom is -0.355 e. The second kappa shape index (κ2) is 6.10. The van der Waals surface area contributed by atoms with Crippen molar-refractivity contribution in [2.45, 2.75) is 12.8 Å². The molecule has 2 aromatic rings. The lowest BCUT2D eigenvalue weighted by Crippen LogP contribution is -2.29. The maximum absolute atomic E-state index is 11.6. The van der Waals surface area contributed by atoms with E-state index in [2.05, 4.69) is 15.5 Å². The first-order valence-corrected chi connectivity index (χ1v) is 6.15. The number of carbonyl (C=O) groups excluding carboxylic acids is 1. The molecule has 1 aromatic carbocycles. The number of benzene rings is 1. The molecule has 0 saturated heterocycles. The predicted molar refractivity (Wildman–Crippen MR) is 72.7 cm³/mol. The second-order valence-electron chi connectivity index (χ2n) is 4.18. The van der Waals surface area contributed by atoms with Crippen molar-refractivity contribution in [2.75, 3.05) is 13.1 Å². The Labute approximate surface area is 110 Å². The van der Waals surface area contributed by atoms with Crippen LogP contribution in [-0.4, -0.2) is 29.2 Å². The molecule has 0 bridgehead atoms. The quantitative estimate of drug-likeness (QED) is 0.700. The molecule has 0 radical (unpaired) electrons. The fourth-order valence-corrected chi connectivity index (χ4v) is 1.89. The Balaban J connectivity index is 2.15. The standard InChI is InChI=1S/C13H16N4O2/c14-7-8-15-12(18)6-5-11-9-3-1-2-4-10(9)13(19)17-16-11/h1-4H,5-8,14H2,(H,15,18)(H,17,19). The maximum atomic E-state index is 11.6. The van der Waals surface area contributed by atoms with E-state index < -0.39 is 0 Å². The minimum atomic E-state index is -0.216. The van der Waals surface area contributed by atoms with Gasteiger partial charge in [0.25, 0.3) is 5.56 Å². The van der Waals surface area contributed by atoms with Gasteiger partial charge in [-0.05, 0) is 6.07 Å². The van der Waals surface area contributed by atoms with Crippen molar-refractivity contribution in [1.82, 2.24) is 15.5 Å². The number of nitrogens with two attached hydrogens (primary N) is 1. The van der Waals surface area contributed by atoms with Gasteiger partial charge in [-0.25, -0.2) is 5.10 Å². The second-order valence-corrected chi connectivity index (χ2v) is 4.18. The number of aromatic nitrogens is 2. The van der Waals surface area contributed by atoms with Gasteiger partial charge in [0, 0.05) is 31.3 Å². The van der Waals surface area contributed by atoms with Crippen molar-refractivity contribution in [1.29, 1.82) is 0 Å². The molecule has 100 valence electrons. The molecule has 0 aliphatic carbocycles. The molecule has 19 heavy (non-hydrogen) atoms. The van der Waals surface area contributed by atoms with Gasteiger partial charge >= 0.3 is 0 Å². The predicted octanol–water partition coefficient (Wildman–Crippen LogP) is -0.0694. The molecule has 0 aliphatic heterocycles. The number of rotatable bonds is 5. The summed E-state index contributed by atoms with van der Waals surface area (Å²) in [5.41, 5.74) is 5.81. The van der Waals surface area contributed by atoms with Crippen LogP contribution in [0.2, 0.25) is 0 Å². The summed E-state index contributed by atoms with van der Waals surface area (Å²) in [6, 6.07) is 7.23. The average Bonchev–Trinajstić information content (AvgIpc) is 2.45. The van der Waals surface area contributed by atoms with Crippen molar-refractivity contribution in [3.05, 3.63) is 40.3 Å². The molecule has 0 unspecified atom stereocenters. The van der Waals surface area contributed by atoms with Crippen LogP contribution in [0, 0.1) is 0 Å². The smallest absolute Gasteiger partial charge is 0.272 e. The van der Waals surface area contributed by atoms with Crippen molar-refractivity contribution in [3.63, 3.8) is 0 Å². The number of nitrogens with one attached hydrogen (secondary N) is 2. The van der Waals surface area contributed by atoms with Crippen LogP contribution < -0.4 is 16.6 Å². The van der Waals surface area contributed by atoms with Crippen molar-refractivity contribution in [3.8, 4) is 0 Å². The maximum Gasteiger partial charge on any atom is 0.272 e. The number of aromatic amines is 1. The van der Waals surface area contributed by atoms with Crippen LogP contribution in [0.5, 0.6) is 0 Å². The van der Waals surface area contributed by atoms with E-state index in [-0.39, 0.29) is 11.5 Å².